The van der Waals surface area contributed by atoms with Crippen molar-refractivity contribution in [2.24, 2.45) is 5.14 Å². The van der Waals surface area contributed by atoms with Crippen LogP contribution < -0.4 is 34.7 Å². The maximum Gasteiger partial charge on any atom is 1.00 e. The van der Waals surface area contributed by atoms with Gasteiger partial charge in [-0.3, -0.25) is 0 Å². The van der Waals surface area contributed by atoms with E-state index >= 15 is 0 Å². The molecule has 2 aromatic rings. The van der Waals surface area contributed by atoms with Crippen LogP contribution in [-0.4, -0.2) is 13.6 Å². The molecule has 2 N–H and O–H groups in total. The molecule has 1 aromatic carbocycles. The van der Waals surface area contributed by atoms with Gasteiger partial charge in [-0.05, 0) is 12.1 Å². The molecular weight excluding hydrogens is 227 g/mol. The second-order valence-electron chi connectivity index (χ2n) is 2.93. The van der Waals surface area contributed by atoms with Gasteiger partial charge in [0.15, 0.2) is 5.58 Å². The van der Waals surface area contributed by atoms with Crippen LogP contribution in [-0.2, 0) is 15.8 Å². The van der Waals surface area contributed by atoms with Crippen molar-refractivity contribution in [1.29, 1.82) is 0 Å². The van der Waals surface area contributed by atoms with Gasteiger partial charge in [0.2, 0.25) is 10.0 Å². The SMILES string of the molecule is NS(=O)(=O)Cc1noc2ccccc12.[H-].[Na+]. The van der Waals surface area contributed by atoms with Crippen LogP contribution in [0.25, 0.3) is 11.0 Å². The number of hydrogen-bond donors (Lipinski definition) is 1. The second kappa shape index (κ2) is 4.63. The van der Waals surface area contributed by atoms with Crippen molar-refractivity contribution in [3.05, 3.63) is 30.0 Å². The summed E-state index contributed by atoms with van der Waals surface area (Å²) >= 11 is 0. The predicted molar refractivity (Wildman–Crippen MR) is 51.9 cm³/mol. The maximum atomic E-state index is 10.8. The van der Waals surface area contributed by atoms with Crippen LogP contribution >= 0.6 is 0 Å². The molecule has 0 spiro atoms. The summed E-state index contributed by atoms with van der Waals surface area (Å²) in [7, 11) is -3.56. The van der Waals surface area contributed by atoms with E-state index in [0.717, 1.165) is 0 Å². The molecule has 0 aliphatic rings. The zero-order valence-electron chi connectivity index (χ0n) is 9.17. The van der Waals surface area contributed by atoms with Crippen LogP contribution in [0.2, 0.25) is 0 Å². The van der Waals surface area contributed by atoms with E-state index in [1.54, 1.807) is 24.3 Å². The first-order valence-corrected chi connectivity index (χ1v) is 5.61. The molecule has 0 aliphatic heterocycles. The average Bonchev–Trinajstić information content (AvgIpc) is 2.47. The minimum absolute atomic E-state index is 0. The third kappa shape index (κ3) is 3.02. The molecular formula is C8H9N2NaO3S. The van der Waals surface area contributed by atoms with Crippen LogP contribution in [0.4, 0.5) is 0 Å². The molecule has 1 heterocycles. The van der Waals surface area contributed by atoms with Gasteiger partial charge in [-0.1, -0.05) is 17.3 Å². The van der Waals surface area contributed by atoms with Crippen LogP contribution in [0, 0.1) is 0 Å². The molecule has 0 radical (unpaired) electrons. The van der Waals surface area contributed by atoms with Crippen molar-refractivity contribution in [3.63, 3.8) is 0 Å². The first-order chi connectivity index (χ1) is 6.56. The van der Waals surface area contributed by atoms with E-state index in [2.05, 4.69) is 5.16 Å². The minimum Gasteiger partial charge on any atom is -1.00 e. The summed E-state index contributed by atoms with van der Waals surface area (Å²) in [6, 6.07) is 7.03. The van der Waals surface area contributed by atoms with Gasteiger partial charge in [-0.15, -0.1) is 0 Å². The second-order valence-corrected chi connectivity index (χ2v) is 4.55. The molecule has 1 aromatic heterocycles. The Balaban J connectivity index is 0.00000112. The molecule has 0 saturated heterocycles. The Morgan fingerprint density at radius 3 is 2.73 bits per heavy atom. The average molecular weight is 236 g/mol. The molecule has 76 valence electrons. The molecule has 0 fully saturated rings. The van der Waals surface area contributed by atoms with E-state index in [-0.39, 0.29) is 36.7 Å². The fourth-order valence-corrected chi connectivity index (χ4v) is 1.82. The molecule has 15 heavy (non-hydrogen) atoms. The summed E-state index contributed by atoms with van der Waals surface area (Å²) in [5.41, 5.74) is 0.911. The third-order valence-corrected chi connectivity index (χ3v) is 2.47. The van der Waals surface area contributed by atoms with Gasteiger partial charge in [-0.2, -0.15) is 0 Å². The Kier molecular flexibility index (Phi) is 3.91. The van der Waals surface area contributed by atoms with Crippen molar-refractivity contribution in [2.45, 2.75) is 5.75 Å². The van der Waals surface area contributed by atoms with Crippen LogP contribution in [0.3, 0.4) is 0 Å². The van der Waals surface area contributed by atoms with Crippen molar-refractivity contribution in [2.75, 3.05) is 0 Å². The zero-order valence-corrected chi connectivity index (χ0v) is 11.0. The molecule has 0 aliphatic carbocycles. The van der Waals surface area contributed by atoms with Gasteiger partial charge < -0.3 is 5.95 Å². The van der Waals surface area contributed by atoms with Gasteiger partial charge in [-0.25, -0.2) is 13.6 Å². The Labute approximate surface area is 110 Å². The number of benzene rings is 1. The number of aromatic nitrogens is 1. The largest absolute Gasteiger partial charge is 1.00 e. The van der Waals surface area contributed by atoms with Gasteiger partial charge in [0.25, 0.3) is 0 Å². The molecule has 0 saturated carbocycles. The molecule has 0 bridgehead atoms. The van der Waals surface area contributed by atoms with Gasteiger partial charge in [0.05, 0.1) is 0 Å². The summed E-state index contributed by atoms with van der Waals surface area (Å²) < 4.78 is 26.6. The fraction of sp³-hybridized carbons (Fsp3) is 0.125. The van der Waals surface area contributed by atoms with E-state index in [1.807, 2.05) is 0 Å². The molecule has 0 amide bonds. The normalized spacial score (nSPS) is 11.3. The minimum atomic E-state index is -3.56. The summed E-state index contributed by atoms with van der Waals surface area (Å²) in [5.74, 6) is -0.302. The molecule has 2 rings (SSSR count). The van der Waals surface area contributed by atoms with Crippen LogP contribution in [0.5, 0.6) is 0 Å². The van der Waals surface area contributed by atoms with E-state index in [9.17, 15) is 8.42 Å². The van der Waals surface area contributed by atoms with Gasteiger partial charge in [0, 0.05) is 5.39 Å². The Morgan fingerprint density at radius 2 is 2.07 bits per heavy atom. The van der Waals surface area contributed by atoms with Gasteiger partial charge >= 0.3 is 29.6 Å². The number of para-hydroxylation sites is 1. The number of nitrogens with two attached hydrogens (primary N) is 1. The monoisotopic (exact) mass is 236 g/mol. The van der Waals surface area contributed by atoms with Gasteiger partial charge in [0.1, 0.15) is 11.4 Å². The first kappa shape index (κ1) is 12.7. The van der Waals surface area contributed by atoms with E-state index in [1.165, 1.54) is 0 Å². The molecule has 0 atom stereocenters. The molecule has 0 unspecified atom stereocenters. The summed E-state index contributed by atoms with van der Waals surface area (Å²) in [5, 5.41) is 9.24. The van der Waals surface area contributed by atoms with Crippen molar-refractivity contribution < 1.29 is 43.9 Å². The summed E-state index contributed by atoms with van der Waals surface area (Å²) in [6.07, 6.45) is 0. The fourth-order valence-electron chi connectivity index (χ4n) is 1.23. The number of nitrogens with zero attached hydrogens (tertiary/aromatic N) is 1. The number of sulfonamides is 1. The zero-order chi connectivity index (χ0) is 10.2. The smallest absolute Gasteiger partial charge is 1.00 e. The van der Waals surface area contributed by atoms with E-state index in [0.29, 0.717) is 16.7 Å². The Bertz CT molecular complexity index is 569. The van der Waals surface area contributed by atoms with E-state index < -0.39 is 10.0 Å². The Morgan fingerprint density at radius 1 is 1.40 bits per heavy atom. The number of hydrogen-bond acceptors (Lipinski definition) is 4. The van der Waals surface area contributed by atoms with Crippen LogP contribution in [0.1, 0.15) is 7.12 Å². The topological polar surface area (TPSA) is 86.2 Å². The third-order valence-electron chi connectivity index (χ3n) is 1.79. The Hall–Kier alpha value is -0.400. The summed E-state index contributed by atoms with van der Waals surface area (Å²) in [4.78, 5) is 0. The predicted octanol–water partition coefficient (Wildman–Crippen LogP) is -2.27. The first-order valence-electron chi connectivity index (χ1n) is 3.90. The number of fused-ring (bicyclic) bond motifs is 1. The standard InChI is InChI=1S/C8H8N2O3S.Na.H/c9-14(11,12)5-7-6-3-1-2-4-8(6)13-10-7;;/h1-4H,5H2,(H2,9,11,12);;/q;+1;-1. The maximum absolute atomic E-state index is 10.8. The van der Waals surface area contributed by atoms with Crippen molar-refractivity contribution in [3.8, 4) is 0 Å². The van der Waals surface area contributed by atoms with Crippen molar-refractivity contribution in [1.82, 2.24) is 5.16 Å². The molecule has 7 heteroatoms. The molecule has 5 nitrogen and oxygen atoms in total. The quantitative estimate of drug-likeness (QED) is 0.596. The van der Waals surface area contributed by atoms with E-state index in [4.69, 9.17) is 9.66 Å². The van der Waals surface area contributed by atoms with Crippen molar-refractivity contribution >= 4 is 21.0 Å². The number of rotatable bonds is 2. The number of primary sulfonamides is 1. The summed E-state index contributed by atoms with van der Waals surface area (Å²) in [6.45, 7) is 0. The van der Waals surface area contributed by atoms with Crippen LogP contribution in [0.15, 0.2) is 28.8 Å².